The summed E-state index contributed by atoms with van der Waals surface area (Å²) in [6.45, 7) is 2.12. The summed E-state index contributed by atoms with van der Waals surface area (Å²) in [6.07, 6.45) is 2.25. The number of benzene rings is 2. The minimum absolute atomic E-state index is 0.565. The van der Waals surface area contributed by atoms with Crippen molar-refractivity contribution >= 4 is 23.4 Å². The van der Waals surface area contributed by atoms with Crippen LogP contribution >= 0.6 is 23.4 Å². The molecule has 0 aromatic heterocycles. The highest BCUT2D eigenvalue weighted by molar-refractivity contribution is 7.99. The first kappa shape index (κ1) is 15.5. The Hall–Kier alpha value is -0.920. The molecule has 0 aliphatic heterocycles. The number of hydrogen-bond donors (Lipinski definition) is 0. The fourth-order valence-corrected chi connectivity index (χ4v) is 3.45. The molecule has 0 aliphatic carbocycles. The molecule has 0 N–H and O–H groups in total. The predicted molar refractivity (Wildman–Crippen MR) is 90.9 cm³/mol. The average Bonchev–Trinajstić information content (AvgIpc) is 2.49. The van der Waals surface area contributed by atoms with Crippen molar-refractivity contribution in [1.29, 1.82) is 0 Å². The van der Waals surface area contributed by atoms with Crippen LogP contribution in [0.15, 0.2) is 59.5 Å². The first-order valence-electron chi connectivity index (χ1n) is 7.07. The molecule has 0 heterocycles. The number of aryl methyl sites for hydroxylation is 1. The van der Waals surface area contributed by atoms with Crippen LogP contribution in [0.25, 0.3) is 0 Å². The molecule has 2 aromatic carbocycles. The third-order valence-electron chi connectivity index (χ3n) is 3.40. The number of alkyl halides is 1. The summed E-state index contributed by atoms with van der Waals surface area (Å²) < 4.78 is 0. The van der Waals surface area contributed by atoms with Gasteiger partial charge in [0.05, 0.1) is 0 Å². The third-order valence-corrected chi connectivity index (χ3v) is 4.88. The predicted octanol–water partition coefficient (Wildman–Crippen LogP) is 5.57. The number of rotatable bonds is 7. The largest absolute Gasteiger partial charge is 0.126 e. The van der Waals surface area contributed by atoms with Crippen molar-refractivity contribution in [3.05, 3.63) is 65.7 Å². The quantitative estimate of drug-likeness (QED) is 0.475. The lowest BCUT2D eigenvalue weighted by atomic mass is 9.98. The molecule has 20 heavy (non-hydrogen) atoms. The van der Waals surface area contributed by atoms with Crippen molar-refractivity contribution < 1.29 is 0 Å². The van der Waals surface area contributed by atoms with Gasteiger partial charge in [-0.05, 0) is 49.1 Å². The molecule has 0 aliphatic rings. The molecule has 0 spiro atoms. The van der Waals surface area contributed by atoms with Gasteiger partial charge in [-0.15, -0.1) is 23.4 Å². The molecule has 0 amide bonds. The maximum atomic E-state index is 6.12. The molecule has 0 fully saturated rings. The molecule has 106 valence electrons. The van der Waals surface area contributed by atoms with E-state index in [-0.39, 0.29) is 0 Å². The third kappa shape index (κ3) is 5.22. The van der Waals surface area contributed by atoms with Gasteiger partial charge in [0, 0.05) is 10.8 Å². The van der Waals surface area contributed by atoms with E-state index >= 15 is 0 Å². The van der Waals surface area contributed by atoms with E-state index in [1.165, 1.54) is 16.0 Å². The van der Waals surface area contributed by atoms with E-state index < -0.39 is 0 Å². The maximum absolute atomic E-state index is 6.12. The molecular formula is C18H21ClS. The zero-order valence-corrected chi connectivity index (χ0v) is 13.5. The zero-order valence-electron chi connectivity index (χ0n) is 11.9. The first-order valence-corrected chi connectivity index (χ1v) is 8.59. The van der Waals surface area contributed by atoms with Crippen LogP contribution in [0.4, 0.5) is 0 Å². The monoisotopic (exact) mass is 304 g/mol. The molecule has 2 aromatic rings. The van der Waals surface area contributed by atoms with Gasteiger partial charge >= 0.3 is 0 Å². The topological polar surface area (TPSA) is 0 Å². The molecule has 2 rings (SSSR count). The summed E-state index contributed by atoms with van der Waals surface area (Å²) in [5.41, 5.74) is 2.71. The first-order chi connectivity index (χ1) is 9.78. The molecule has 0 radical (unpaired) electrons. The lowest BCUT2D eigenvalue weighted by Gasteiger charge is -2.14. The van der Waals surface area contributed by atoms with Crippen LogP contribution in [-0.4, -0.2) is 11.6 Å². The second-order valence-corrected chi connectivity index (χ2v) is 6.64. The van der Waals surface area contributed by atoms with Crippen LogP contribution in [-0.2, 0) is 6.42 Å². The van der Waals surface area contributed by atoms with Crippen LogP contribution in [0.1, 0.15) is 17.5 Å². The summed E-state index contributed by atoms with van der Waals surface area (Å²) in [4.78, 5) is 1.34. The van der Waals surface area contributed by atoms with Gasteiger partial charge in [-0.25, -0.2) is 0 Å². The second-order valence-electron chi connectivity index (χ2n) is 5.16. The summed E-state index contributed by atoms with van der Waals surface area (Å²) in [6, 6.07) is 19.4. The van der Waals surface area contributed by atoms with Crippen molar-refractivity contribution in [2.75, 3.05) is 11.6 Å². The van der Waals surface area contributed by atoms with E-state index in [9.17, 15) is 0 Å². The van der Waals surface area contributed by atoms with Gasteiger partial charge in [0.1, 0.15) is 0 Å². The van der Waals surface area contributed by atoms with Gasteiger partial charge in [-0.1, -0.05) is 48.0 Å². The van der Waals surface area contributed by atoms with Gasteiger partial charge in [-0.3, -0.25) is 0 Å². The molecule has 0 saturated carbocycles. The standard InChI is InChI=1S/C18H21ClS/c1-15-7-9-16(10-8-15)13-17(14-19)11-12-20-18-5-3-2-4-6-18/h2-10,17H,11-14H2,1H3. The van der Waals surface area contributed by atoms with E-state index in [0.29, 0.717) is 5.92 Å². The SMILES string of the molecule is Cc1ccc(CC(CCl)CCSc2ccccc2)cc1. The van der Waals surface area contributed by atoms with Crippen molar-refractivity contribution in [2.24, 2.45) is 5.92 Å². The summed E-state index contributed by atoms with van der Waals surface area (Å²) in [5, 5.41) is 0. The van der Waals surface area contributed by atoms with E-state index in [2.05, 4.69) is 61.5 Å². The van der Waals surface area contributed by atoms with Gasteiger partial charge in [0.2, 0.25) is 0 Å². The molecule has 2 heteroatoms. The van der Waals surface area contributed by atoms with Gasteiger partial charge in [0.15, 0.2) is 0 Å². The van der Waals surface area contributed by atoms with E-state index in [1.807, 2.05) is 11.8 Å². The summed E-state index contributed by atoms with van der Waals surface area (Å²) in [7, 11) is 0. The number of hydrogen-bond acceptors (Lipinski definition) is 1. The Morgan fingerprint density at radius 3 is 2.35 bits per heavy atom. The van der Waals surface area contributed by atoms with Gasteiger partial charge in [-0.2, -0.15) is 0 Å². The van der Waals surface area contributed by atoms with Crippen LogP contribution in [0.3, 0.4) is 0 Å². The minimum Gasteiger partial charge on any atom is -0.126 e. The summed E-state index contributed by atoms with van der Waals surface area (Å²) in [5.74, 6) is 2.44. The molecular weight excluding hydrogens is 284 g/mol. The maximum Gasteiger partial charge on any atom is 0.0255 e. The Kier molecular flexibility index (Phi) is 6.49. The van der Waals surface area contributed by atoms with Crippen molar-refractivity contribution in [1.82, 2.24) is 0 Å². The Morgan fingerprint density at radius 2 is 1.70 bits per heavy atom. The molecule has 1 unspecified atom stereocenters. The fourth-order valence-electron chi connectivity index (χ4n) is 2.15. The molecule has 0 saturated heterocycles. The fraction of sp³-hybridized carbons (Fsp3) is 0.333. The van der Waals surface area contributed by atoms with Crippen molar-refractivity contribution in [3.8, 4) is 0 Å². The van der Waals surface area contributed by atoms with Crippen LogP contribution < -0.4 is 0 Å². The molecule has 0 bridgehead atoms. The van der Waals surface area contributed by atoms with E-state index in [0.717, 1.165) is 24.5 Å². The lowest BCUT2D eigenvalue weighted by molar-refractivity contribution is 0.571. The Morgan fingerprint density at radius 1 is 1.00 bits per heavy atom. The molecule has 0 nitrogen and oxygen atoms in total. The number of thioether (sulfide) groups is 1. The minimum atomic E-state index is 0.565. The lowest BCUT2D eigenvalue weighted by Crippen LogP contribution is -2.07. The Labute approximate surface area is 131 Å². The van der Waals surface area contributed by atoms with E-state index in [1.54, 1.807) is 0 Å². The second kappa shape index (κ2) is 8.39. The highest BCUT2D eigenvalue weighted by Crippen LogP contribution is 2.22. The van der Waals surface area contributed by atoms with Crippen molar-refractivity contribution in [3.63, 3.8) is 0 Å². The Balaban J connectivity index is 1.79. The van der Waals surface area contributed by atoms with E-state index in [4.69, 9.17) is 11.6 Å². The van der Waals surface area contributed by atoms with Crippen LogP contribution in [0.5, 0.6) is 0 Å². The number of halogens is 1. The normalized spacial score (nSPS) is 12.3. The van der Waals surface area contributed by atoms with Gasteiger partial charge in [0.25, 0.3) is 0 Å². The average molecular weight is 305 g/mol. The smallest absolute Gasteiger partial charge is 0.0255 e. The zero-order chi connectivity index (χ0) is 14.2. The molecule has 1 atom stereocenters. The highest BCUT2D eigenvalue weighted by atomic mass is 35.5. The van der Waals surface area contributed by atoms with Crippen molar-refractivity contribution in [2.45, 2.75) is 24.7 Å². The Bertz CT molecular complexity index is 493. The highest BCUT2D eigenvalue weighted by Gasteiger charge is 2.08. The summed E-state index contributed by atoms with van der Waals surface area (Å²) >= 11 is 8.04. The van der Waals surface area contributed by atoms with Gasteiger partial charge < -0.3 is 0 Å². The van der Waals surface area contributed by atoms with Crippen LogP contribution in [0, 0.1) is 12.8 Å². The van der Waals surface area contributed by atoms with Crippen LogP contribution in [0.2, 0.25) is 0 Å².